The van der Waals surface area contributed by atoms with Gasteiger partial charge >= 0.3 is 0 Å². The molecule has 0 spiro atoms. The van der Waals surface area contributed by atoms with Crippen LogP contribution in [0.5, 0.6) is 5.75 Å². The van der Waals surface area contributed by atoms with Crippen molar-refractivity contribution in [3.05, 3.63) is 99.2 Å². The number of para-hydroxylation sites is 1. The average molecular weight is 491 g/mol. The zero-order valence-corrected chi connectivity index (χ0v) is 19.6. The number of nitrogens with one attached hydrogen (secondary N) is 1. The third-order valence-corrected chi connectivity index (χ3v) is 6.28. The van der Waals surface area contributed by atoms with Gasteiger partial charge in [0.15, 0.2) is 5.69 Å². The van der Waals surface area contributed by atoms with Crippen LogP contribution >= 0.6 is 11.6 Å². The fourth-order valence-electron chi connectivity index (χ4n) is 4.16. The minimum absolute atomic E-state index is 0.0630. The topological polar surface area (TPSA) is 78.2 Å². The number of amides is 1. The fourth-order valence-corrected chi connectivity index (χ4v) is 4.39. The maximum absolute atomic E-state index is 13.6. The molecule has 0 aliphatic carbocycles. The standard InChI is InChI=1S/C26H20ClFN4O3/c1-31-21-6-4-3-5-19(21)22-23(25(33)29-14-15-7-8-16(28)13-20(15)27)30-32(26(34)24(22)31)17-9-11-18(35-2)12-10-17/h3-13H,14H2,1-2H3,(H,29,33). The Balaban J connectivity index is 1.68. The van der Waals surface area contributed by atoms with Gasteiger partial charge in [0.1, 0.15) is 17.1 Å². The van der Waals surface area contributed by atoms with Gasteiger partial charge in [-0.25, -0.2) is 4.39 Å². The van der Waals surface area contributed by atoms with Gasteiger partial charge in [0.25, 0.3) is 11.5 Å². The summed E-state index contributed by atoms with van der Waals surface area (Å²) in [5.74, 6) is -0.327. The Labute approximate surface area is 204 Å². The van der Waals surface area contributed by atoms with E-state index in [0.717, 1.165) is 10.9 Å². The molecule has 9 heteroatoms. The smallest absolute Gasteiger partial charge is 0.296 e. The zero-order chi connectivity index (χ0) is 24.7. The quantitative estimate of drug-likeness (QED) is 0.390. The van der Waals surface area contributed by atoms with Crippen LogP contribution in [-0.2, 0) is 13.6 Å². The first-order chi connectivity index (χ1) is 16.9. The van der Waals surface area contributed by atoms with E-state index in [-0.39, 0.29) is 22.8 Å². The van der Waals surface area contributed by atoms with E-state index in [0.29, 0.717) is 27.9 Å². The molecular formula is C26H20ClFN4O3. The molecule has 0 aliphatic rings. The number of nitrogens with zero attached hydrogens (tertiary/aromatic N) is 3. The van der Waals surface area contributed by atoms with E-state index in [1.807, 2.05) is 24.3 Å². The summed E-state index contributed by atoms with van der Waals surface area (Å²) in [5, 5.41) is 8.69. The number of ether oxygens (including phenoxy) is 1. The Hall–Kier alpha value is -4.17. The Morgan fingerprint density at radius 2 is 1.86 bits per heavy atom. The van der Waals surface area contributed by atoms with E-state index < -0.39 is 11.7 Å². The summed E-state index contributed by atoms with van der Waals surface area (Å²) in [7, 11) is 3.33. The van der Waals surface area contributed by atoms with Gasteiger partial charge in [-0.15, -0.1) is 0 Å². The minimum atomic E-state index is -0.492. The van der Waals surface area contributed by atoms with Gasteiger partial charge in [-0.1, -0.05) is 35.9 Å². The molecule has 0 radical (unpaired) electrons. The molecule has 0 saturated carbocycles. The van der Waals surface area contributed by atoms with Crippen LogP contribution in [0.3, 0.4) is 0 Å². The van der Waals surface area contributed by atoms with Crippen molar-refractivity contribution >= 4 is 39.3 Å². The van der Waals surface area contributed by atoms with E-state index in [4.69, 9.17) is 16.3 Å². The van der Waals surface area contributed by atoms with Crippen molar-refractivity contribution in [1.82, 2.24) is 19.7 Å². The lowest BCUT2D eigenvalue weighted by Crippen LogP contribution is -2.30. The largest absolute Gasteiger partial charge is 0.497 e. The van der Waals surface area contributed by atoms with E-state index in [9.17, 15) is 14.0 Å². The van der Waals surface area contributed by atoms with Crippen LogP contribution < -0.4 is 15.6 Å². The molecule has 7 nitrogen and oxygen atoms in total. The summed E-state index contributed by atoms with van der Waals surface area (Å²) in [6, 6.07) is 18.2. The first-order valence-corrected chi connectivity index (χ1v) is 11.1. The number of hydrogen-bond donors (Lipinski definition) is 1. The lowest BCUT2D eigenvalue weighted by atomic mass is 10.1. The molecule has 0 bridgehead atoms. The second kappa shape index (κ2) is 8.88. The average Bonchev–Trinajstić information content (AvgIpc) is 3.17. The maximum Gasteiger partial charge on any atom is 0.296 e. The second-order valence-corrected chi connectivity index (χ2v) is 8.39. The molecule has 5 rings (SSSR count). The highest BCUT2D eigenvalue weighted by Crippen LogP contribution is 2.28. The number of rotatable bonds is 5. The van der Waals surface area contributed by atoms with E-state index >= 15 is 0 Å². The SMILES string of the molecule is COc1ccc(-n2nc(C(=O)NCc3ccc(F)cc3Cl)c3c4ccccc4n(C)c3c2=O)cc1. The third-order valence-electron chi connectivity index (χ3n) is 5.93. The molecule has 1 amide bonds. The lowest BCUT2D eigenvalue weighted by molar-refractivity contribution is 0.0946. The summed E-state index contributed by atoms with van der Waals surface area (Å²) in [5.41, 5.74) is 1.91. The van der Waals surface area contributed by atoms with Gasteiger partial charge in [0.05, 0.1) is 12.8 Å². The Kier molecular flexibility index (Phi) is 5.74. The molecule has 0 aliphatic heterocycles. The molecule has 2 aromatic heterocycles. The van der Waals surface area contributed by atoms with Crippen LogP contribution in [0.15, 0.2) is 71.5 Å². The predicted molar refractivity (Wildman–Crippen MR) is 133 cm³/mol. The van der Waals surface area contributed by atoms with E-state index in [2.05, 4.69) is 10.4 Å². The number of carbonyl (C=O) groups excluding carboxylic acids is 1. The Morgan fingerprint density at radius 3 is 2.57 bits per heavy atom. The minimum Gasteiger partial charge on any atom is -0.497 e. The lowest BCUT2D eigenvalue weighted by Gasteiger charge is -2.12. The van der Waals surface area contributed by atoms with Crippen molar-refractivity contribution in [2.24, 2.45) is 7.05 Å². The summed E-state index contributed by atoms with van der Waals surface area (Å²) < 4.78 is 21.6. The molecule has 0 saturated heterocycles. The summed E-state index contributed by atoms with van der Waals surface area (Å²) >= 11 is 6.12. The molecule has 0 atom stereocenters. The molecular weight excluding hydrogens is 471 g/mol. The third kappa shape index (κ3) is 3.91. The van der Waals surface area contributed by atoms with Crippen molar-refractivity contribution in [1.29, 1.82) is 0 Å². The molecule has 35 heavy (non-hydrogen) atoms. The highest BCUT2D eigenvalue weighted by molar-refractivity contribution is 6.31. The van der Waals surface area contributed by atoms with Crippen LogP contribution in [0, 0.1) is 5.82 Å². The van der Waals surface area contributed by atoms with Crippen LogP contribution in [0.25, 0.3) is 27.5 Å². The number of fused-ring (bicyclic) bond motifs is 3. The molecule has 0 fully saturated rings. The number of aromatic nitrogens is 3. The van der Waals surface area contributed by atoms with Crippen molar-refractivity contribution in [3.8, 4) is 11.4 Å². The Morgan fingerprint density at radius 1 is 1.11 bits per heavy atom. The highest BCUT2D eigenvalue weighted by atomic mass is 35.5. The van der Waals surface area contributed by atoms with Crippen LogP contribution in [-0.4, -0.2) is 27.4 Å². The number of carbonyl (C=O) groups is 1. The monoisotopic (exact) mass is 490 g/mol. The summed E-state index contributed by atoms with van der Waals surface area (Å²) in [4.78, 5) is 27.0. The second-order valence-electron chi connectivity index (χ2n) is 7.98. The first kappa shape index (κ1) is 22.6. The number of aryl methyl sites for hydroxylation is 1. The summed E-state index contributed by atoms with van der Waals surface area (Å²) in [6.07, 6.45) is 0. The molecule has 3 aromatic carbocycles. The molecule has 5 aromatic rings. The number of halogens is 2. The molecule has 176 valence electrons. The fraction of sp³-hybridized carbons (Fsp3) is 0.115. The van der Waals surface area contributed by atoms with Gasteiger partial charge < -0.3 is 14.6 Å². The van der Waals surface area contributed by atoms with Crippen molar-refractivity contribution in [2.45, 2.75) is 6.54 Å². The van der Waals surface area contributed by atoms with E-state index in [1.54, 1.807) is 43.0 Å². The maximum atomic E-state index is 13.6. The van der Waals surface area contributed by atoms with E-state index in [1.165, 1.54) is 22.9 Å². The number of benzene rings is 3. The molecule has 2 heterocycles. The van der Waals surface area contributed by atoms with Gasteiger partial charge in [0.2, 0.25) is 0 Å². The Bertz CT molecular complexity index is 1660. The normalized spacial score (nSPS) is 11.2. The highest BCUT2D eigenvalue weighted by Gasteiger charge is 2.23. The predicted octanol–water partition coefficient (Wildman–Crippen LogP) is 4.61. The van der Waals surface area contributed by atoms with Gasteiger partial charge in [-0.2, -0.15) is 9.78 Å². The van der Waals surface area contributed by atoms with Crippen LogP contribution in [0.1, 0.15) is 16.1 Å². The van der Waals surface area contributed by atoms with Crippen molar-refractivity contribution < 1.29 is 13.9 Å². The van der Waals surface area contributed by atoms with Crippen LogP contribution in [0.4, 0.5) is 4.39 Å². The van der Waals surface area contributed by atoms with Gasteiger partial charge in [-0.05, 0) is 48.0 Å². The number of methoxy groups -OCH3 is 1. The molecule has 0 unspecified atom stereocenters. The first-order valence-electron chi connectivity index (χ1n) is 10.8. The van der Waals surface area contributed by atoms with Gasteiger partial charge in [-0.3, -0.25) is 9.59 Å². The zero-order valence-electron chi connectivity index (χ0n) is 18.9. The van der Waals surface area contributed by atoms with Crippen molar-refractivity contribution in [3.63, 3.8) is 0 Å². The summed E-state index contributed by atoms with van der Waals surface area (Å²) in [6.45, 7) is 0.0630. The van der Waals surface area contributed by atoms with Crippen molar-refractivity contribution in [2.75, 3.05) is 7.11 Å². The van der Waals surface area contributed by atoms with Crippen LogP contribution in [0.2, 0.25) is 5.02 Å². The number of hydrogen-bond acceptors (Lipinski definition) is 4. The molecule has 1 N–H and O–H groups in total. The van der Waals surface area contributed by atoms with Gasteiger partial charge in [0, 0.05) is 34.9 Å².